The van der Waals surface area contributed by atoms with Gasteiger partial charge in [0.2, 0.25) is 0 Å². The molecule has 1 unspecified atom stereocenters. The number of unbranched alkanes of at least 4 members (excludes halogenated alkanes) is 2. The smallest absolute Gasteiger partial charge is 0.115 e. The van der Waals surface area contributed by atoms with Crippen molar-refractivity contribution in [3.8, 4) is 18.1 Å². The Morgan fingerprint density at radius 2 is 1.62 bits per heavy atom. The van der Waals surface area contributed by atoms with Crippen molar-refractivity contribution >= 4 is 0 Å². The maximum atomic E-state index is 9.44. The van der Waals surface area contributed by atoms with Gasteiger partial charge in [0.05, 0.1) is 6.04 Å². The molecule has 2 heteroatoms. The summed E-state index contributed by atoms with van der Waals surface area (Å²) in [6, 6.07) is 17.9. The number of aromatic hydroxyl groups is 1. The van der Waals surface area contributed by atoms with E-state index in [4.69, 9.17) is 6.42 Å². The highest BCUT2D eigenvalue weighted by Crippen LogP contribution is 2.23. The Labute approximate surface area is 126 Å². The van der Waals surface area contributed by atoms with E-state index >= 15 is 0 Å². The van der Waals surface area contributed by atoms with Gasteiger partial charge in [0.25, 0.3) is 0 Å². The molecule has 0 bridgehead atoms. The van der Waals surface area contributed by atoms with Gasteiger partial charge in [-0.3, -0.25) is 0 Å². The van der Waals surface area contributed by atoms with E-state index in [0.717, 1.165) is 31.4 Å². The minimum absolute atomic E-state index is 0.137. The monoisotopic (exact) mass is 279 g/mol. The lowest BCUT2D eigenvalue weighted by atomic mass is 9.98. The van der Waals surface area contributed by atoms with Crippen LogP contribution in [-0.4, -0.2) is 11.7 Å². The molecular weight excluding hydrogens is 258 g/mol. The summed E-state index contributed by atoms with van der Waals surface area (Å²) >= 11 is 0. The Morgan fingerprint density at radius 1 is 0.952 bits per heavy atom. The fourth-order valence-electron chi connectivity index (χ4n) is 2.34. The highest BCUT2D eigenvalue weighted by atomic mass is 16.3. The van der Waals surface area contributed by atoms with Crippen molar-refractivity contribution in [3.63, 3.8) is 0 Å². The van der Waals surface area contributed by atoms with Crippen molar-refractivity contribution in [1.29, 1.82) is 0 Å². The van der Waals surface area contributed by atoms with Gasteiger partial charge >= 0.3 is 0 Å². The number of rotatable bonds is 7. The number of hydrogen-bond donors (Lipinski definition) is 2. The first-order valence-electron chi connectivity index (χ1n) is 7.32. The maximum absolute atomic E-state index is 9.44. The molecule has 0 aromatic heterocycles. The molecule has 0 aliphatic heterocycles. The number of nitrogens with one attached hydrogen (secondary N) is 1. The van der Waals surface area contributed by atoms with Crippen molar-refractivity contribution < 1.29 is 5.11 Å². The van der Waals surface area contributed by atoms with Gasteiger partial charge in [0, 0.05) is 6.42 Å². The summed E-state index contributed by atoms with van der Waals surface area (Å²) in [6.07, 6.45) is 8.21. The van der Waals surface area contributed by atoms with Crippen molar-refractivity contribution in [2.75, 3.05) is 6.54 Å². The molecule has 2 nitrogen and oxygen atoms in total. The van der Waals surface area contributed by atoms with E-state index in [1.165, 1.54) is 5.56 Å². The molecular formula is C19H21NO. The van der Waals surface area contributed by atoms with Gasteiger partial charge in [0.1, 0.15) is 5.75 Å². The van der Waals surface area contributed by atoms with Gasteiger partial charge in [-0.1, -0.05) is 42.5 Å². The second-order valence-electron chi connectivity index (χ2n) is 5.05. The van der Waals surface area contributed by atoms with Crippen LogP contribution in [0.4, 0.5) is 0 Å². The summed E-state index contributed by atoms with van der Waals surface area (Å²) in [5.74, 6) is 2.96. The Hall–Kier alpha value is -2.24. The number of phenols is 1. The first kappa shape index (κ1) is 15.2. The molecule has 0 saturated heterocycles. The van der Waals surface area contributed by atoms with Crippen molar-refractivity contribution in [1.82, 2.24) is 5.32 Å². The summed E-state index contributed by atoms with van der Waals surface area (Å²) in [5.41, 5.74) is 2.37. The highest BCUT2D eigenvalue weighted by Gasteiger charge is 2.12. The molecule has 0 spiro atoms. The highest BCUT2D eigenvalue weighted by molar-refractivity contribution is 5.34. The topological polar surface area (TPSA) is 32.3 Å². The first-order valence-corrected chi connectivity index (χ1v) is 7.32. The zero-order chi connectivity index (χ0) is 14.9. The van der Waals surface area contributed by atoms with Gasteiger partial charge in [-0.15, -0.1) is 12.3 Å². The van der Waals surface area contributed by atoms with E-state index in [1.807, 2.05) is 30.3 Å². The van der Waals surface area contributed by atoms with Crippen LogP contribution < -0.4 is 5.32 Å². The molecule has 1 atom stereocenters. The molecule has 0 radical (unpaired) electrons. The number of phenolic OH excluding ortho intramolecular Hbond substituents is 1. The molecule has 0 fully saturated rings. The summed E-state index contributed by atoms with van der Waals surface area (Å²) in [5, 5.41) is 13.0. The molecule has 0 heterocycles. The zero-order valence-electron chi connectivity index (χ0n) is 12.1. The van der Waals surface area contributed by atoms with E-state index in [-0.39, 0.29) is 6.04 Å². The van der Waals surface area contributed by atoms with E-state index in [2.05, 4.69) is 23.4 Å². The molecule has 2 aromatic carbocycles. The van der Waals surface area contributed by atoms with Crippen LogP contribution in [-0.2, 0) is 0 Å². The summed E-state index contributed by atoms with van der Waals surface area (Å²) < 4.78 is 0. The number of terminal acetylenes is 1. The van der Waals surface area contributed by atoms with Crippen molar-refractivity contribution in [2.45, 2.75) is 25.3 Å². The van der Waals surface area contributed by atoms with Crippen molar-refractivity contribution in [3.05, 3.63) is 65.7 Å². The lowest BCUT2D eigenvalue weighted by molar-refractivity contribution is 0.474. The Balaban J connectivity index is 2.08. The average Bonchev–Trinajstić information content (AvgIpc) is 2.53. The Bertz CT molecular complexity index is 569. The van der Waals surface area contributed by atoms with E-state index in [9.17, 15) is 5.11 Å². The number of hydrogen-bond acceptors (Lipinski definition) is 2. The minimum Gasteiger partial charge on any atom is -0.508 e. The SMILES string of the molecule is C#CCCCCNC(c1ccccc1)c1ccc(O)cc1. The second kappa shape index (κ2) is 8.14. The van der Waals surface area contributed by atoms with Crippen LogP contribution in [0.3, 0.4) is 0 Å². The van der Waals surface area contributed by atoms with Crippen LogP contribution in [0.25, 0.3) is 0 Å². The standard InChI is InChI=1S/C19H21NO/c1-2-3-4-8-15-20-19(16-9-6-5-7-10-16)17-11-13-18(21)14-12-17/h1,5-7,9-14,19-21H,3-4,8,15H2. The van der Waals surface area contributed by atoms with Crippen LogP contribution in [0.1, 0.15) is 36.4 Å². The predicted octanol–water partition coefficient (Wildman–Crippen LogP) is 3.87. The fourth-order valence-corrected chi connectivity index (χ4v) is 2.34. The van der Waals surface area contributed by atoms with Gasteiger partial charge in [-0.05, 0) is 42.6 Å². The van der Waals surface area contributed by atoms with Crippen LogP contribution in [0.15, 0.2) is 54.6 Å². The van der Waals surface area contributed by atoms with Crippen LogP contribution in [0, 0.1) is 12.3 Å². The lowest BCUT2D eigenvalue weighted by Crippen LogP contribution is -2.23. The fraction of sp³-hybridized carbons (Fsp3) is 0.263. The second-order valence-corrected chi connectivity index (χ2v) is 5.05. The van der Waals surface area contributed by atoms with Crippen LogP contribution in [0.2, 0.25) is 0 Å². The van der Waals surface area contributed by atoms with E-state index in [0.29, 0.717) is 5.75 Å². The molecule has 108 valence electrons. The largest absolute Gasteiger partial charge is 0.508 e. The molecule has 0 aliphatic carbocycles. The zero-order valence-corrected chi connectivity index (χ0v) is 12.1. The van der Waals surface area contributed by atoms with Crippen LogP contribution >= 0.6 is 0 Å². The molecule has 2 aromatic rings. The molecule has 21 heavy (non-hydrogen) atoms. The molecule has 0 aliphatic rings. The minimum atomic E-state index is 0.137. The van der Waals surface area contributed by atoms with E-state index in [1.54, 1.807) is 12.1 Å². The average molecular weight is 279 g/mol. The normalized spacial score (nSPS) is 11.8. The molecule has 0 saturated carbocycles. The molecule has 2 N–H and O–H groups in total. The third-order valence-electron chi connectivity index (χ3n) is 3.46. The third kappa shape index (κ3) is 4.66. The molecule has 2 rings (SSSR count). The van der Waals surface area contributed by atoms with Gasteiger partial charge in [-0.25, -0.2) is 0 Å². The Morgan fingerprint density at radius 3 is 2.29 bits per heavy atom. The Kier molecular flexibility index (Phi) is 5.87. The maximum Gasteiger partial charge on any atom is 0.115 e. The van der Waals surface area contributed by atoms with E-state index < -0.39 is 0 Å². The first-order chi connectivity index (χ1) is 10.3. The lowest BCUT2D eigenvalue weighted by Gasteiger charge is -2.20. The summed E-state index contributed by atoms with van der Waals surface area (Å²) in [7, 11) is 0. The summed E-state index contributed by atoms with van der Waals surface area (Å²) in [6.45, 7) is 0.919. The quantitative estimate of drug-likeness (QED) is 0.595. The van der Waals surface area contributed by atoms with Gasteiger partial charge < -0.3 is 10.4 Å². The number of benzene rings is 2. The van der Waals surface area contributed by atoms with Gasteiger partial charge in [-0.2, -0.15) is 0 Å². The van der Waals surface area contributed by atoms with Gasteiger partial charge in [0.15, 0.2) is 0 Å². The third-order valence-corrected chi connectivity index (χ3v) is 3.46. The predicted molar refractivity (Wildman–Crippen MR) is 87.1 cm³/mol. The van der Waals surface area contributed by atoms with Crippen molar-refractivity contribution in [2.24, 2.45) is 0 Å². The summed E-state index contributed by atoms with van der Waals surface area (Å²) in [4.78, 5) is 0. The van der Waals surface area contributed by atoms with Crippen LogP contribution in [0.5, 0.6) is 5.75 Å². The molecule has 0 amide bonds.